The van der Waals surface area contributed by atoms with E-state index in [0.29, 0.717) is 5.92 Å². The third kappa shape index (κ3) is 3.00. The maximum Gasteiger partial charge on any atom is -0.0162 e. The maximum absolute atomic E-state index is 4.32. The van der Waals surface area contributed by atoms with Gasteiger partial charge >= 0.3 is 0 Å². The molecule has 92 valence electrons. The number of allylic oxidation sites excluding steroid dienone is 1. The van der Waals surface area contributed by atoms with Crippen molar-refractivity contribution in [2.45, 2.75) is 51.9 Å². The third-order valence-electron chi connectivity index (χ3n) is 4.05. The highest BCUT2D eigenvalue weighted by Gasteiger charge is 2.17. The molecule has 0 heteroatoms. The second-order valence-electron chi connectivity index (χ2n) is 5.64. The van der Waals surface area contributed by atoms with E-state index in [2.05, 4.69) is 44.7 Å². The minimum absolute atomic E-state index is 0.618. The SMILES string of the molecule is C=C(c1ccc(C(C)C)cc1)C1CCCCC1. The molecule has 0 radical (unpaired) electrons. The van der Waals surface area contributed by atoms with Gasteiger partial charge in [0.15, 0.2) is 0 Å². The van der Waals surface area contributed by atoms with E-state index in [1.807, 2.05) is 0 Å². The quantitative estimate of drug-likeness (QED) is 0.649. The molecule has 17 heavy (non-hydrogen) atoms. The summed E-state index contributed by atoms with van der Waals surface area (Å²) in [5.41, 5.74) is 4.13. The van der Waals surface area contributed by atoms with Crippen molar-refractivity contribution >= 4 is 5.57 Å². The van der Waals surface area contributed by atoms with Crippen LogP contribution in [0.1, 0.15) is 63.0 Å². The minimum Gasteiger partial charge on any atom is -0.0950 e. The van der Waals surface area contributed by atoms with Crippen molar-refractivity contribution in [3.8, 4) is 0 Å². The Bertz CT molecular complexity index is 364. The van der Waals surface area contributed by atoms with Crippen LogP contribution in [0.25, 0.3) is 5.57 Å². The fourth-order valence-corrected chi connectivity index (χ4v) is 2.77. The monoisotopic (exact) mass is 228 g/mol. The second kappa shape index (κ2) is 5.53. The standard InChI is InChI=1S/C17H24/c1-13(2)15-9-11-17(12-10-15)14(3)16-7-5-4-6-8-16/h9-13,16H,3-8H2,1-2H3. The lowest BCUT2D eigenvalue weighted by molar-refractivity contribution is 0.430. The van der Waals surface area contributed by atoms with Gasteiger partial charge in [-0.3, -0.25) is 0 Å². The molecule has 1 fully saturated rings. The molecule has 0 unspecified atom stereocenters. The lowest BCUT2D eigenvalue weighted by Crippen LogP contribution is -2.07. The van der Waals surface area contributed by atoms with E-state index < -0.39 is 0 Å². The van der Waals surface area contributed by atoms with Crippen LogP contribution >= 0.6 is 0 Å². The predicted octanol–water partition coefficient (Wildman–Crippen LogP) is 5.40. The van der Waals surface area contributed by atoms with Crippen LogP contribution in [0.15, 0.2) is 30.8 Å². The predicted molar refractivity (Wildman–Crippen MR) is 76.1 cm³/mol. The molecule has 1 aromatic rings. The lowest BCUT2D eigenvalue weighted by Gasteiger charge is -2.24. The average Bonchev–Trinajstić information content (AvgIpc) is 2.39. The molecule has 0 heterocycles. The maximum atomic E-state index is 4.32. The molecule has 0 atom stereocenters. The molecule has 0 saturated heterocycles. The average molecular weight is 228 g/mol. The molecule has 0 bridgehead atoms. The van der Waals surface area contributed by atoms with Crippen molar-refractivity contribution < 1.29 is 0 Å². The zero-order valence-corrected chi connectivity index (χ0v) is 11.2. The summed E-state index contributed by atoms with van der Waals surface area (Å²) < 4.78 is 0. The molecule has 1 aromatic carbocycles. The summed E-state index contributed by atoms with van der Waals surface area (Å²) in [5, 5.41) is 0. The highest BCUT2D eigenvalue weighted by molar-refractivity contribution is 5.65. The van der Waals surface area contributed by atoms with Crippen LogP contribution in [-0.4, -0.2) is 0 Å². The van der Waals surface area contributed by atoms with Crippen molar-refractivity contribution in [1.82, 2.24) is 0 Å². The molecule has 0 aliphatic heterocycles. The summed E-state index contributed by atoms with van der Waals surface area (Å²) in [6.45, 7) is 8.81. The minimum atomic E-state index is 0.618. The van der Waals surface area contributed by atoms with Gasteiger partial charge in [-0.1, -0.05) is 64.0 Å². The molecule has 0 spiro atoms. The van der Waals surface area contributed by atoms with Gasteiger partial charge in [0.05, 0.1) is 0 Å². The van der Waals surface area contributed by atoms with Gasteiger partial charge in [0.1, 0.15) is 0 Å². The molecule has 0 nitrogen and oxygen atoms in total. The van der Waals surface area contributed by atoms with E-state index >= 15 is 0 Å². The van der Waals surface area contributed by atoms with Crippen LogP contribution in [0, 0.1) is 5.92 Å². The first kappa shape index (κ1) is 12.4. The molecule has 1 aliphatic carbocycles. The van der Waals surface area contributed by atoms with Crippen LogP contribution in [0.2, 0.25) is 0 Å². The molecule has 1 aliphatic rings. The number of hydrogen-bond acceptors (Lipinski definition) is 0. The van der Waals surface area contributed by atoms with Crippen LogP contribution in [0.5, 0.6) is 0 Å². The fraction of sp³-hybridized carbons (Fsp3) is 0.529. The number of rotatable bonds is 3. The summed E-state index contributed by atoms with van der Waals surface area (Å²) in [4.78, 5) is 0. The van der Waals surface area contributed by atoms with E-state index in [1.165, 1.54) is 48.8 Å². The second-order valence-corrected chi connectivity index (χ2v) is 5.64. The Kier molecular flexibility index (Phi) is 4.04. The Morgan fingerprint density at radius 2 is 1.65 bits per heavy atom. The first-order valence-corrected chi connectivity index (χ1v) is 6.97. The summed E-state index contributed by atoms with van der Waals surface area (Å²) in [6.07, 6.45) is 6.85. The Morgan fingerprint density at radius 3 is 2.18 bits per heavy atom. The Labute approximate surface area is 106 Å². The van der Waals surface area contributed by atoms with Gasteiger partial charge < -0.3 is 0 Å². The van der Waals surface area contributed by atoms with E-state index in [9.17, 15) is 0 Å². The highest BCUT2D eigenvalue weighted by Crippen LogP contribution is 2.34. The lowest BCUT2D eigenvalue weighted by atomic mass is 9.81. The van der Waals surface area contributed by atoms with E-state index in [-0.39, 0.29) is 0 Å². The smallest absolute Gasteiger partial charge is 0.0162 e. The van der Waals surface area contributed by atoms with Gasteiger partial charge in [-0.2, -0.15) is 0 Å². The first-order chi connectivity index (χ1) is 8.18. The Morgan fingerprint density at radius 1 is 1.06 bits per heavy atom. The normalized spacial score (nSPS) is 17.4. The Balaban J connectivity index is 2.08. The van der Waals surface area contributed by atoms with Crippen LogP contribution in [0.4, 0.5) is 0 Å². The van der Waals surface area contributed by atoms with Crippen molar-refractivity contribution in [1.29, 1.82) is 0 Å². The van der Waals surface area contributed by atoms with Crippen molar-refractivity contribution in [3.63, 3.8) is 0 Å². The van der Waals surface area contributed by atoms with Crippen molar-refractivity contribution in [2.75, 3.05) is 0 Å². The number of benzene rings is 1. The highest BCUT2D eigenvalue weighted by atomic mass is 14.2. The van der Waals surface area contributed by atoms with Crippen molar-refractivity contribution in [2.24, 2.45) is 5.92 Å². The van der Waals surface area contributed by atoms with Crippen LogP contribution in [-0.2, 0) is 0 Å². The first-order valence-electron chi connectivity index (χ1n) is 6.97. The van der Waals surface area contributed by atoms with Crippen molar-refractivity contribution in [3.05, 3.63) is 42.0 Å². The molecule has 0 aromatic heterocycles. The fourth-order valence-electron chi connectivity index (χ4n) is 2.77. The van der Waals surface area contributed by atoms with Gasteiger partial charge in [0, 0.05) is 0 Å². The Hall–Kier alpha value is -1.04. The molecular formula is C17H24. The van der Waals surface area contributed by atoms with Crippen LogP contribution in [0.3, 0.4) is 0 Å². The summed E-state index contributed by atoms with van der Waals surface area (Å²) in [5.74, 6) is 1.35. The zero-order chi connectivity index (χ0) is 12.3. The molecule has 1 saturated carbocycles. The number of hydrogen-bond donors (Lipinski definition) is 0. The van der Waals surface area contributed by atoms with Gasteiger partial charge in [0.2, 0.25) is 0 Å². The largest absolute Gasteiger partial charge is 0.0950 e. The molecule has 0 amide bonds. The summed E-state index contributed by atoms with van der Waals surface area (Å²) in [6, 6.07) is 9.03. The van der Waals surface area contributed by atoms with E-state index in [4.69, 9.17) is 0 Å². The van der Waals surface area contributed by atoms with Crippen LogP contribution < -0.4 is 0 Å². The summed E-state index contributed by atoms with van der Waals surface area (Å²) >= 11 is 0. The summed E-state index contributed by atoms with van der Waals surface area (Å²) in [7, 11) is 0. The molecule has 2 rings (SSSR count). The van der Waals surface area contributed by atoms with Gasteiger partial charge in [-0.05, 0) is 41.4 Å². The van der Waals surface area contributed by atoms with Gasteiger partial charge in [0.25, 0.3) is 0 Å². The van der Waals surface area contributed by atoms with E-state index in [0.717, 1.165) is 5.92 Å². The molecule has 0 N–H and O–H groups in total. The van der Waals surface area contributed by atoms with Gasteiger partial charge in [-0.15, -0.1) is 0 Å². The topological polar surface area (TPSA) is 0 Å². The van der Waals surface area contributed by atoms with E-state index in [1.54, 1.807) is 0 Å². The zero-order valence-electron chi connectivity index (χ0n) is 11.2. The third-order valence-corrected chi connectivity index (χ3v) is 4.05. The van der Waals surface area contributed by atoms with Gasteiger partial charge in [-0.25, -0.2) is 0 Å². The molecular weight excluding hydrogens is 204 g/mol.